The smallest absolute Gasteiger partial charge is 0.335 e. The molecule has 0 aliphatic carbocycles. The van der Waals surface area contributed by atoms with Crippen molar-refractivity contribution < 1.29 is 14.6 Å². The van der Waals surface area contributed by atoms with Crippen LogP contribution in [0.1, 0.15) is 16.1 Å². The number of benzene rings is 1. The normalized spacial score (nSPS) is 10.1. The third-order valence-corrected chi connectivity index (χ3v) is 2.82. The van der Waals surface area contributed by atoms with Crippen molar-refractivity contribution in [2.24, 2.45) is 0 Å². The van der Waals surface area contributed by atoms with Gasteiger partial charge in [0, 0.05) is 6.07 Å². The van der Waals surface area contributed by atoms with Crippen LogP contribution in [0.5, 0.6) is 11.6 Å². The summed E-state index contributed by atoms with van der Waals surface area (Å²) >= 11 is 3.29. The molecule has 92 valence electrons. The van der Waals surface area contributed by atoms with Crippen LogP contribution >= 0.6 is 15.9 Å². The van der Waals surface area contributed by atoms with E-state index in [1.54, 1.807) is 18.2 Å². The summed E-state index contributed by atoms with van der Waals surface area (Å²) < 4.78 is 6.12. The molecule has 0 radical (unpaired) electrons. The average molecular weight is 309 g/mol. The standard InChI is InChI=1S/C12H9BrN2O3/c1-7-2-5-11(15-14-7)18-10-6-8(12(16)17)3-4-9(10)13/h2-6H,1H3,(H,16,17). The van der Waals surface area contributed by atoms with Gasteiger partial charge in [-0.3, -0.25) is 0 Å². The molecular formula is C12H9BrN2O3. The van der Waals surface area contributed by atoms with E-state index in [0.717, 1.165) is 5.69 Å². The van der Waals surface area contributed by atoms with E-state index in [4.69, 9.17) is 9.84 Å². The van der Waals surface area contributed by atoms with Gasteiger partial charge in [0.15, 0.2) is 0 Å². The zero-order valence-electron chi connectivity index (χ0n) is 9.42. The van der Waals surface area contributed by atoms with Crippen molar-refractivity contribution in [2.45, 2.75) is 6.92 Å². The maximum atomic E-state index is 10.9. The number of hydrogen-bond donors (Lipinski definition) is 1. The number of hydrogen-bond acceptors (Lipinski definition) is 4. The van der Waals surface area contributed by atoms with Gasteiger partial charge in [-0.15, -0.1) is 5.10 Å². The second-order valence-corrected chi connectivity index (χ2v) is 4.42. The van der Waals surface area contributed by atoms with Crippen molar-refractivity contribution in [3.05, 3.63) is 46.1 Å². The average Bonchev–Trinajstić information content (AvgIpc) is 2.34. The van der Waals surface area contributed by atoms with E-state index in [1.165, 1.54) is 12.1 Å². The molecule has 0 unspecified atom stereocenters. The predicted octanol–water partition coefficient (Wildman–Crippen LogP) is 3.04. The van der Waals surface area contributed by atoms with Gasteiger partial charge >= 0.3 is 5.97 Å². The van der Waals surface area contributed by atoms with Gasteiger partial charge in [0.1, 0.15) is 5.75 Å². The Bertz CT molecular complexity index is 584. The van der Waals surface area contributed by atoms with E-state index >= 15 is 0 Å². The molecule has 1 N–H and O–H groups in total. The first-order valence-electron chi connectivity index (χ1n) is 5.07. The lowest BCUT2D eigenvalue weighted by Gasteiger charge is -2.07. The molecule has 0 fully saturated rings. The van der Waals surface area contributed by atoms with Crippen LogP contribution in [0.2, 0.25) is 0 Å². The van der Waals surface area contributed by atoms with Gasteiger partial charge in [0.25, 0.3) is 0 Å². The number of carboxylic acid groups (broad SMARTS) is 1. The third-order valence-electron chi connectivity index (χ3n) is 2.17. The molecule has 2 aromatic rings. The Morgan fingerprint density at radius 1 is 1.28 bits per heavy atom. The highest BCUT2D eigenvalue weighted by Gasteiger charge is 2.09. The highest BCUT2D eigenvalue weighted by atomic mass is 79.9. The Balaban J connectivity index is 2.30. The first-order valence-corrected chi connectivity index (χ1v) is 5.86. The number of carboxylic acids is 1. The van der Waals surface area contributed by atoms with Gasteiger partial charge in [-0.05, 0) is 47.1 Å². The number of aromatic carboxylic acids is 1. The van der Waals surface area contributed by atoms with Crippen LogP contribution in [-0.2, 0) is 0 Å². The molecule has 6 heteroatoms. The Labute approximate surface area is 112 Å². The molecule has 0 aliphatic heterocycles. The molecule has 0 aliphatic rings. The van der Waals surface area contributed by atoms with Crippen LogP contribution in [0, 0.1) is 6.92 Å². The summed E-state index contributed by atoms with van der Waals surface area (Å²) in [5.74, 6) is -0.320. The molecule has 0 saturated heterocycles. The molecular weight excluding hydrogens is 300 g/mol. The van der Waals surface area contributed by atoms with Crippen LogP contribution in [0.15, 0.2) is 34.8 Å². The van der Waals surface area contributed by atoms with Gasteiger partial charge in [0.2, 0.25) is 5.88 Å². The van der Waals surface area contributed by atoms with Crippen LogP contribution in [0.25, 0.3) is 0 Å². The van der Waals surface area contributed by atoms with Crippen LogP contribution in [0.3, 0.4) is 0 Å². The largest absolute Gasteiger partial charge is 0.478 e. The number of halogens is 1. The topological polar surface area (TPSA) is 72.3 Å². The molecule has 1 aromatic heterocycles. The van der Waals surface area contributed by atoms with E-state index < -0.39 is 5.97 Å². The zero-order chi connectivity index (χ0) is 13.1. The highest BCUT2D eigenvalue weighted by Crippen LogP contribution is 2.29. The molecule has 5 nitrogen and oxygen atoms in total. The molecule has 0 amide bonds. The minimum Gasteiger partial charge on any atom is -0.478 e. The van der Waals surface area contributed by atoms with Crippen LogP contribution in [-0.4, -0.2) is 21.3 Å². The van der Waals surface area contributed by atoms with E-state index in [0.29, 0.717) is 16.1 Å². The second-order valence-electron chi connectivity index (χ2n) is 3.57. The summed E-state index contributed by atoms with van der Waals surface area (Å²) in [6.45, 7) is 1.82. The van der Waals surface area contributed by atoms with Crippen molar-refractivity contribution in [3.63, 3.8) is 0 Å². The number of aromatic nitrogens is 2. The number of nitrogens with zero attached hydrogens (tertiary/aromatic N) is 2. The lowest BCUT2D eigenvalue weighted by Crippen LogP contribution is -1.98. The van der Waals surface area contributed by atoms with Gasteiger partial charge in [-0.25, -0.2) is 4.79 Å². The maximum Gasteiger partial charge on any atom is 0.335 e. The fourth-order valence-electron chi connectivity index (χ4n) is 1.27. The summed E-state index contributed by atoms with van der Waals surface area (Å²) in [5.41, 5.74) is 0.925. The summed E-state index contributed by atoms with van der Waals surface area (Å²) in [4.78, 5) is 10.9. The number of carbonyl (C=O) groups is 1. The minimum absolute atomic E-state index is 0.147. The monoisotopic (exact) mass is 308 g/mol. The van der Waals surface area contributed by atoms with Crippen molar-refractivity contribution in [2.75, 3.05) is 0 Å². The molecule has 0 atom stereocenters. The fourth-order valence-corrected chi connectivity index (χ4v) is 1.60. The van der Waals surface area contributed by atoms with Gasteiger partial charge in [0.05, 0.1) is 15.7 Å². The number of ether oxygens (including phenoxy) is 1. The van der Waals surface area contributed by atoms with Gasteiger partial charge < -0.3 is 9.84 Å². The first kappa shape index (κ1) is 12.5. The predicted molar refractivity (Wildman–Crippen MR) is 67.9 cm³/mol. The lowest BCUT2D eigenvalue weighted by atomic mass is 10.2. The van der Waals surface area contributed by atoms with Gasteiger partial charge in [-0.2, -0.15) is 5.10 Å². The minimum atomic E-state index is -1.01. The highest BCUT2D eigenvalue weighted by molar-refractivity contribution is 9.10. The molecule has 1 aromatic carbocycles. The van der Waals surface area contributed by atoms with E-state index in [-0.39, 0.29) is 5.56 Å². The lowest BCUT2D eigenvalue weighted by molar-refractivity contribution is 0.0696. The molecule has 2 rings (SSSR count). The molecule has 0 spiro atoms. The Kier molecular flexibility index (Phi) is 3.57. The second kappa shape index (κ2) is 5.14. The maximum absolute atomic E-state index is 10.9. The molecule has 0 saturated carbocycles. The number of rotatable bonds is 3. The first-order chi connectivity index (χ1) is 8.56. The van der Waals surface area contributed by atoms with E-state index in [2.05, 4.69) is 26.1 Å². The van der Waals surface area contributed by atoms with Crippen LogP contribution < -0.4 is 4.74 Å². The van der Waals surface area contributed by atoms with Crippen molar-refractivity contribution in [1.29, 1.82) is 0 Å². The Hall–Kier alpha value is -1.95. The summed E-state index contributed by atoms with van der Waals surface area (Å²) in [6, 6.07) is 7.95. The molecule has 0 bridgehead atoms. The number of aryl methyl sites for hydroxylation is 1. The fraction of sp³-hybridized carbons (Fsp3) is 0.0833. The van der Waals surface area contributed by atoms with Crippen molar-refractivity contribution in [3.8, 4) is 11.6 Å². The van der Waals surface area contributed by atoms with E-state index in [9.17, 15) is 4.79 Å². The van der Waals surface area contributed by atoms with Crippen molar-refractivity contribution in [1.82, 2.24) is 10.2 Å². The van der Waals surface area contributed by atoms with Crippen molar-refractivity contribution >= 4 is 21.9 Å². The summed E-state index contributed by atoms with van der Waals surface area (Å²) in [6.07, 6.45) is 0. The van der Waals surface area contributed by atoms with E-state index in [1.807, 2.05) is 6.92 Å². The molecule has 18 heavy (non-hydrogen) atoms. The Morgan fingerprint density at radius 3 is 2.67 bits per heavy atom. The van der Waals surface area contributed by atoms with Crippen LogP contribution in [0.4, 0.5) is 0 Å². The molecule has 1 heterocycles. The third kappa shape index (κ3) is 2.84. The summed E-state index contributed by atoms with van der Waals surface area (Å²) in [7, 11) is 0. The zero-order valence-corrected chi connectivity index (χ0v) is 11.0. The summed E-state index contributed by atoms with van der Waals surface area (Å²) in [5, 5.41) is 16.6. The van der Waals surface area contributed by atoms with Gasteiger partial charge in [-0.1, -0.05) is 0 Å². The Morgan fingerprint density at radius 2 is 2.06 bits per heavy atom. The quantitative estimate of drug-likeness (QED) is 0.943. The SMILES string of the molecule is Cc1ccc(Oc2cc(C(=O)O)ccc2Br)nn1.